The van der Waals surface area contributed by atoms with Gasteiger partial charge in [-0.2, -0.15) is 0 Å². The molecule has 0 saturated heterocycles. The maximum atomic E-state index is 13.4. The normalized spacial score (nSPS) is 17.8. The summed E-state index contributed by atoms with van der Waals surface area (Å²) < 4.78 is 1.60. The average Bonchev–Trinajstić information content (AvgIpc) is 3.24. The molecule has 1 aliphatic carbocycles. The fraction of sp³-hybridized carbons (Fsp3) is 0.304. The molecule has 0 fully saturated rings. The zero-order valence-electron chi connectivity index (χ0n) is 17.1. The maximum absolute atomic E-state index is 13.4. The van der Waals surface area contributed by atoms with E-state index in [0.29, 0.717) is 28.7 Å². The molecule has 0 bridgehead atoms. The Kier molecular flexibility index (Phi) is 5.06. The Balaban J connectivity index is 1.51. The van der Waals surface area contributed by atoms with Crippen molar-refractivity contribution in [3.63, 3.8) is 0 Å². The molecule has 0 radical (unpaired) electrons. The van der Waals surface area contributed by atoms with E-state index in [1.165, 1.54) is 21.5 Å². The van der Waals surface area contributed by atoms with E-state index < -0.39 is 0 Å². The van der Waals surface area contributed by atoms with Crippen molar-refractivity contribution in [3.05, 3.63) is 68.8 Å². The lowest BCUT2D eigenvalue weighted by atomic mass is 9.89. The second-order valence-electron chi connectivity index (χ2n) is 7.99. The molecule has 3 heterocycles. The lowest BCUT2D eigenvalue weighted by molar-refractivity contribution is 0.0684. The van der Waals surface area contributed by atoms with Gasteiger partial charge in [0.15, 0.2) is 5.16 Å². The Morgan fingerprint density at radius 1 is 1.23 bits per heavy atom. The number of thiophene rings is 1. The molecule has 0 N–H and O–H groups in total. The number of fused-ring (bicyclic) bond motifs is 4. The van der Waals surface area contributed by atoms with Crippen molar-refractivity contribution in [2.24, 2.45) is 5.92 Å². The van der Waals surface area contributed by atoms with Crippen LogP contribution < -0.4 is 5.56 Å². The van der Waals surface area contributed by atoms with Crippen LogP contribution in [0.5, 0.6) is 0 Å². The minimum absolute atomic E-state index is 0.0678. The number of aromatic nitrogens is 2. The molecule has 31 heavy (non-hydrogen) atoms. The molecule has 2 aromatic heterocycles. The fourth-order valence-electron chi connectivity index (χ4n) is 4.28. The van der Waals surface area contributed by atoms with Crippen LogP contribution in [-0.2, 0) is 19.4 Å². The summed E-state index contributed by atoms with van der Waals surface area (Å²) in [6.07, 6.45) is 4.63. The van der Waals surface area contributed by atoms with Gasteiger partial charge in [-0.05, 0) is 42.9 Å². The van der Waals surface area contributed by atoms with Crippen molar-refractivity contribution in [2.75, 3.05) is 5.88 Å². The third-order valence-electron chi connectivity index (χ3n) is 5.89. The molecule has 1 unspecified atom stereocenters. The first-order chi connectivity index (χ1) is 15.0. The first-order valence-electron chi connectivity index (χ1n) is 10.2. The Morgan fingerprint density at radius 3 is 2.61 bits per heavy atom. The Bertz CT molecular complexity index is 1270. The molecule has 1 aliphatic heterocycles. The van der Waals surface area contributed by atoms with Gasteiger partial charge < -0.3 is 0 Å². The van der Waals surface area contributed by atoms with Gasteiger partial charge in [0.2, 0.25) is 0 Å². The number of hydrogen-bond acceptors (Lipinski definition) is 6. The second kappa shape index (κ2) is 7.76. The summed E-state index contributed by atoms with van der Waals surface area (Å²) in [6, 6.07) is 6.82. The van der Waals surface area contributed by atoms with Crippen molar-refractivity contribution < 1.29 is 9.59 Å². The lowest BCUT2D eigenvalue weighted by Gasteiger charge is -2.18. The number of carbonyl (C=O) groups excluding carboxylic acids is 2. The number of carbonyl (C=O) groups is 2. The molecule has 158 valence electrons. The smallest absolute Gasteiger partial charge is 0.263 e. The van der Waals surface area contributed by atoms with Gasteiger partial charge in [-0.15, -0.1) is 17.9 Å². The molecule has 8 heteroatoms. The number of hydrogen-bond donors (Lipinski definition) is 0. The highest BCUT2D eigenvalue weighted by atomic mass is 32.2. The minimum atomic E-state index is -0.313. The SMILES string of the molecule is C=CCn1c(SCN2C(=O)c3ccccc3C2=O)nc2sc3c(c2c1=O)CCC(C)C3. The van der Waals surface area contributed by atoms with Gasteiger partial charge in [0, 0.05) is 11.4 Å². The third kappa shape index (κ3) is 3.25. The van der Waals surface area contributed by atoms with Crippen LogP contribution in [0.3, 0.4) is 0 Å². The van der Waals surface area contributed by atoms with Gasteiger partial charge in [-0.3, -0.25) is 23.9 Å². The highest BCUT2D eigenvalue weighted by Crippen LogP contribution is 2.37. The van der Waals surface area contributed by atoms with Crippen molar-refractivity contribution in [1.29, 1.82) is 0 Å². The Hall–Kier alpha value is -2.71. The molecule has 5 rings (SSSR count). The quantitative estimate of drug-likeness (QED) is 0.253. The van der Waals surface area contributed by atoms with Gasteiger partial charge in [-0.1, -0.05) is 36.9 Å². The first-order valence-corrected chi connectivity index (χ1v) is 12.0. The summed E-state index contributed by atoms with van der Waals surface area (Å²) in [4.78, 5) is 46.7. The fourth-order valence-corrected chi connectivity index (χ4v) is 6.66. The molecule has 0 saturated carbocycles. The number of benzene rings is 1. The summed E-state index contributed by atoms with van der Waals surface area (Å²) in [6.45, 7) is 6.34. The van der Waals surface area contributed by atoms with E-state index >= 15 is 0 Å². The zero-order chi connectivity index (χ0) is 21.7. The van der Waals surface area contributed by atoms with E-state index in [1.807, 2.05) is 0 Å². The Morgan fingerprint density at radius 2 is 1.94 bits per heavy atom. The molecule has 1 atom stereocenters. The largest absolute Gasteiger partial charge is 0.283 e. The van der Waals surface area contributed by atoms with Crippen LogP contribution in [0, 0.1) is 5.92 Å². The van der Waals surface area contributed by atoms with Crippen LogP contribution in [0.4, 0.5) is 0 Å². The molecule has 3 aromatic rings. The minimum Gasteiger partial charge on any atom is -0.283 e. The van der Waals surface area contributed by atoms with Crippen molar-refractivity contribution in [1.82, 2.24) is 14.5 Å². The molecule has 0 spiro atoms. The number of thioether (sulfide) groups is 1. The van der Waals surface area contributed by atoms with E-state index in [2.05, 4.69) is 13.5 Å². The molecule has 6 nitrogen and oxygen atoms in total. The molecular formula is C23H21N3O3S2. The molecule has 2 amide bonds. The number of nitrogens with zero attached hydrogens (tertiary/aromatic N) is 3. The van der Waals surface area contributed by atoms with Crippen LogP contribution in [0.15, 0.2) is 46.9 Å². The number of aryl methyl sites for hydroxylation is 1. The molecular weight excluding hydrogens is 430 g/mol. The summed E-state index contributed by atoms with van der Waals surface area (Å²) in [5.74, 6) is 0.0854. The van der Waals surface area contributed by atoms with Crippen LogP contribution in [0.1, 0.15) is 44.5 Å². The van der Waals surface area contributed by atoms with E-state index in [1.54, 1.807) is 46.2 Å². The van der Waals surface area contributed by atoms with Crippen LogP contribution in [0.2, 0.25) is 0 Å². The number of imide groups is 1. The van der Waals surface area contributed by atoms with Crippen molar-refractivity contribution >= 4 is 45.1 Å². The summed E-state index contributed by atoms with van der Waals surface area (Å²) in [5, 5.41) is 1.22. The Labute approximate surface area is 187 Å². The molecule has 2 aliphatic rings. The van der Waals surface area contributed by atoms with E-state index in [4.69, 9.17) is 4.98 Å². The zero-order valence-corrected chi connectivity index (χ0v) is 18.7. The number of amides is 2. The monoisotopic (exact) mass is 451 g/mol. The maximum Gasteiger partial charge on any atom is 0.263 e. The number of allylic oxidation sites excluding steroid dienone is 1. The van der Waals surface area contributed by atoms with E-state index in [9.17, 15) is 14.4 Å². The standard InChI is InChI=1S/C23H21N3O3S2/c1-3-10-25-22(29)18-16-9-8-13(2)11-17(16)31-19(18)24-23(25)30-12-26-20(27)14-6-4-5-7-15(14)21(26)28/h3-7,13H,1,8-12H2,2H3. The van der Waals surface area contributed by atoms with E-state index in [-0.39, 0.29) is 23.3 Å². The summed E-state index contributed by atoms with van der Waals surface area (Å²) >= 11 is 2.83. The van der Waals surface area contributed by atoms with Crippen LogP contribution in [0.25, 0.3) is 10.2 Å². The highest BCUT2D eigenvalue weighted by molar-refractivity contribution is 7.99. The second-order valence-corrected chi connectivity index (χ2v) is 9.98. The van der Waals surface area contributed by atoms with Gasteiger partial charge >= 0.3 is 0 Å². The van der Waals surface area contributed by atoms with Gasteiger partial charge in [0.1, 0.15) is 4.83 Å². The summed E-state index contributed by atoms with van der Waals surface area (Å²) in [5.41, 5.74) is 1.91. The van der Waals surface area contributed by atoms with E-state index in [0.717, 1.165) is 35.0 Å². The van der Waals surface area contributed by atoms with Crippen molar-refractivity contribution in [2.45, 2.75) is 37.9 Å². The molecule has 1 aromatic carbocycles. The van der Waals surface area contributed by atoms with Crippen molar-refractivity contribution in [3.8, 4) is 0 Å². The predicted molar refractivity (Wildman–Crippen MR) is 123 cm³/mol. The highest BCUT2D eigenvalue weighted by Gasteiger charge is 2.35. The number of rotatable bonds is 5. The first kappa shape index (κ1) is 20.2. The van der Waals surface area contributed by atoms with Gasteiger partial charge in [-0.25, -0.2) is 4.98 Å². The predicted octanol–water partition coefficient (Wildman–Crippen LogP) is 4.11. The van der Waals surface area contributed by atoms with Gasteiger partial charge in [0.25, 0.3) is 17.4 Å². The lowest BCUT2D eigenvalue weighted by Crippen LogP contribution is -2.30. The average molecular weight is 452 g/mol. The summed E-state index contributed by atoms with van der Waals surface area (Å²) in [7, 11) is 0. The van der Waals surface area contributed by atoms with Crippen LogP contribution >= 0.6 is 23.1 Å². The van der Waals surface area contributed by atoms with Gasteiger partial charge in [0.05, 0.1) is 22.4 Å². The topological polar surface area (TPSA) is 72.3 Å². The van der Waals surface area contributed by atoms with Crippen LogP contribution in [-0.4, -0.2) is 32.1 Å². The third-order valence-corrected chi connectivity index (χ3v) is 8.00.